The SMILES string of the molecule is CCOC(=O)Cc1nc(C(F)(F)F)no1. The van der Waals surface area contributed by atoms with Gasteiger partial charge in [0.2, 0.25) is 5.89 Å². The predicted octanol–water partition coefficient (Wildman–Crippen LogP) is 1.19. The standard InChI is InChI=1S/C7H7F3N2O3/c1-2-14-5(13)3-4-11-6(12-15-4)7(8,9)10/h2-3H2,1H3. The van der Waals surface area contributed by atoms with Crippen molar-refractivity contribution in [3.05, 3.63) is 11.7 Å². The molecule has 15 heavy (non-hydrogen) atoms. The quantitative estimate of drug-likeness (QED) is 0.721. The molecular weight excluding hydrogens is 217 g/mol. The Bertz CT molecular complexity index is 347. The van der Waals surface area contributed by atoms with E-state index in [-0.39, 0.29) is 6.61 Å². The average molecular weight is 224 g/mol. The van der Waals surface area contributed by atoms with Crippen LogP contribution in [0.25, 0.3) is 0 Å². The van der Waals surface area contributed by atoms with Gasteiger partial charge < -0.3 is 9.26 Å². The minimum Gasteiger partial charge on any atom is -0.466 e. The molecule has 0 fully saturated rings. The minimum atomic E-state index is -4.67. The predicted molar refractivity (Wildman–Crippen MR) is 39.6 cm³/mol. The van der Waals surface area contributed by atoms with Gasteiger partial charge in [-0.3, -0.25) is 4.79 Å². The minimum absolute atomic E-state index is 0.138. The molecule has 0 bridgehead atoms. The lowest BCUT2D eigenvalue weighted by Gasteiger charge is -1.97. The van der Waals surface area contributed by atoms with Gasteiger partial charge in [-0.25, -0.2) is 0 Å². The maximum Gasteiger partial charge on any atom is 0.455 e. The number of carbonyl (C=O) groups is 1. The van der Waals surface area contributed by atoms with E-state index in [0.29, 0.717) is 0 Å². The summed E-state index contributed by atoms with van der Waals surface area (Å²) in [7, 11) is 0. The fourth-order valence-corrected chi connectivity index (χ4v) is 0.777. The smallest absolute Gasteiger partial charge is 0.455 e. The van der Waals surface area contributed by atoms with Crippen molar-refractivity contribution in [3.8, 4) is 0 Å². The van der Waals surface area contributed by atoms with E-state index in [9.17, 15) is 18.0 Å². The van der Waals surface area contributed by atoms with Crippen LogP contribution in [0.2, 0.25) is 0 Å². The molecule has 0 atom stereocenters. The van der Waals surface area contributed by atoms with Crippen LogP contribution in [0, 0.1) is 0 Å². The van der Waals surface area contributed by atoms with Crippen LogP contribution in [-0.2, 0) is 22.1 Å². The molecule has 0 unspecified atom stereocenters. The molecule has 8 heteroatoms. The molecule has 0 spiro atoms. The number of rotatable bonds is 3. The third-order valence-corrected chi connectivity index (χ3v) is 1.32. The average Bonchev–Trinajstić information content (AvgIpc) is 2.52. The number of hydrogen-bond donors (Lipinski definition) is 0. The molecular formula is C7H7F3N2O3. The summed E-state index contributed by atoms with van der Waals surface area (Å²) in [6.07, 6.45) is -5.13. The highest BCUT2D eigenvalue weighted by Crippen LogP contribution is 2.26. The van der Waals surface area contributed by atoms with Gasteiger partial charge in [-0.1, -0.05) is 5.16 Å². The molecule has 0 N–H and O–H groups in total. The lowest BCUT2D eigenvalue weighted by atomic mass is 10.4. The summed E-state index contributed by atoms with van der Waals surface area (Å²) >= 11 is 0. The highest BCUT2D eigenvalue weighted by atomic mass is 19.4. The molecule has 1 heterocycles. The second-order valence-corrected chi connectivity index (χ2v) is 2.49. The molecule has 0 amide bonds. The normalized spacial score (nSPS) is 11.5. The van der Waals surface area contributed by atoms with Gasteiger partial charge in [-0.2, -0.15) is 18.2 Å². The highest BCUT2D eigenvalue weighted by molar-refractivity contribution is 5.71. The van der Waals surface area contributed by atoms with Gasteiger partial charge in [0, 0.05) is 0 Å². The zero-order chi connectivity index (χ0) is 11.5. The Balaban J connectivity index is 2.65. The molecule has 0 aromatic carbocycles. The first-order valence-corrected chi connectivity index (χ1v) is 3.99. The first kappa shape index (κ1) is 11.5. The monoisotopic (exact) mass is 224 g/mol. The second kappa shape index (κ2) is 4.28. The summed E-state index contributed by atoms with van der Waals surface area (Å²) < 4.78 is 44.7. The van der Waals surface area contributed by atoms with Gasteiger partial charge in [0.1, 0.15) is 6.42 Å². The van der Waals surface area contributed by atoms with Gasteiger partial charge in [-0.15, -0.1) is 0 Å². The third kappa shape index (κ3) is 3.22. The second-order valence-electron chi connectivity index (χ2n) is 2.49. The van der Waals surface area contributed by atoms with Gasteiger partial charge in [0.25, 0.3) is 5.82 Å². The molecule has 0 saturated carbocycles. The third-order valence-electron chi connectivity index (χ3n) is 1.32. The van der Waals surface area contributed by atoms with E-state index in [4.69, 9.17) is 0 Å². The van der Waals surface area contributed by atoms with Crippen LogP contribution in [-0.4, -0.2) is 22.7 Å². The number of aromatic nitrogens is 2. The van der Waals surface area contributed by atoms with E-state index in [1.165, 1.54) is 0 Å². The van der Waals surface area contributed by atoms with Crippen LogP contribution < -0.4 is 0 Å². The fourth-order valence-electron chi connectivity index (χ4n) is 0.777. The van der Waals surface area contributed by atoms with Crippen LogP contribution in [0.5, 0.6) is 0 Å². The molecule has 84 valence electrons. The van der Waals surface area contributed by atoms with Gasteiger partial charge >= 0.3 is 12.1 Å². The largest absolute Gasteiger partial charge is 0.466 e. The number of esters is 1. The summed E-state index contributed by atoms with van der Waals surface area (Å²) in [5.41, 5.74) is 0. The number of ether oxygens (including phenoxy) is 1. The van der Waals surface area contributed by atoms with Gasteiger partial charge in [-0.05, 0) is 6.92 Å². The van der Waals surface area contributed by atoms with Crippen LogP contribution >= 0.6 is 0 Å². The molecule has 0 saturated heterocycles. The van der Waals surface area contributed by atoms with E-state index in [1.807, 2.05) is 0 Å². The van der Waals surface area contributed by atoms with Crippen molar-refractivity contribution < 1.29 is 27.2 Å². The van der Waals surface area contributed by atoms with E-state index >= 15 is 0 Å². The topological polar surface area (TPSA) is 65.2 Å². The molecule has 0 radical (unpaired) electrons. The van der Waals surface area contributed by atoms with Crippen molar-refractivity contribution in [2.75, 3.05) is 6.61 Å². The Hall–Kier alpha value is -1.60. The van der Waals surface area contributed by atoms with Crippen LogP contribution in [0.3, 0.4) is 0 Å². The van der Waals surface area contributed by atoms with E-state index in [1.54, 1.807) is 6.92 Å². The summed E-state index contributed by atoms with van der Waals surface area (Å²) in [4.78, 5) is 13.8. The van der Waals surface area contributed by atoms with Crippen molar-refractivity contribution in [1.82, 2.24) is 10.1 Å². The zero-order valence-electron chi connectivity index (χ0n) is 7.67. The Morgan fingerprint density at radius 1 is 1.53 bits per heavy atom. The maximum absolute atomic E-state index is 12.0. The van der Waals surface area contributed by atoms with Crippen molar-refractivity contribution in [2.24, 2.45) is 0 Å². The fraction of sp³-hybridized carbons (Fsp3) is 0.571. The van der Waals surface area contributed by atoms with Gasteiger partial charge in [0.15, 0.2) is 0 Å². The Morgan fingerprint density at radius 3 is 2.67 bits per heavy atom. The summed E-state index contributed by atoms with van der Waals surface area (Å²) in [6, 6.07) is 0. The molecule has 1 aromatic rings. The molecule has 5 nitrogen and oxygen atoms in total. The maximum atomic E-state index is 12.0. The number of alkyl halides is 3. The molecule has 1 rings (SSSR count). The van der Waals surface area contributed by atoms with Crippen LogP contribution in [0.4, 0.5) is 13.2 Å². The van der Waals surface area contributed by atoms with Gasteiger partial charge in [0.05, 0.1) is 6.61 Å². The number of nitrogens with zero attached hydrogens (tertiary/aromatic N) is 2. The van der Waals surface area contributed by atoms with Crippen molar-refractivity contribution in [1.29, 1.82) is 0 Å². The van der Waals surface area contributed by atoms with Crippen LogP contribution in [0.15, 0.2) is 4.52 Å². The van der Waals surface area contributed by atoms with Crippen molar-refractivity contribution in [2.45, 2.75) is 19.5 Å². The van der Waals surface area contributed by atoms with E-state index in [2.05, 4.69) is 19.4 Å². The summed E-state index contributed by atoms with van der Waals surface area (Å²) in [6.45, 7) is 1.71. The van der Waals surface area contributed by atoms with E-state index < -0.39 is 30.3 Å². The Labute approximate surface area is 82.2 Å². The lowest BCUT2D eigenvalue weighted by molar-refractivity contribution is -0.146. The number of carbonyl (C=O) groups excluding carboxylic acids is 1. The molecule has 1 aromatic heterocycles. The molecule has 0 aliphatic heterocycles. The Morgan fingerprint density at radius 2 is 2.20 bits per heavy atom. The zero-order valence-corrected chi connectivity index (χ0v) is 7.67. The summed E-state index contributed by atoms with van der Waals surface area (Å²) in [5.74, 6) is -2.53. The van der Waals surface area contributed by atoms with Crippen LogP contribution in [0.1, 0.15) is 18.6 Å². The number of halogens is 3. The molecule has 0 aliphatic rings. The highest BCUT2D eigenvalue weighted by Gasteiger charge is 2.37. The Kier molecular flexibility index (Phi) is 3.28. The van der Waals surface area contributed by atoms with E-state index in [0.717, 1.165) is 0 Å². The molecule has 0 aliphatic carbocycles. The first-order chi connectivity index (χ1) is 6.93. The van der Waals surface area contributed by atoms with Crippen molar-refractivity contribution >= 4 is 5.97 Å². The number of hydrogen-bond acceptors (Lipinski definition) is 5. The summed E-state index contributed by atoms with van der Waals surface area (Å²) in [5, 5.41) is 2.68. The first-order valence-electron chi connectivity index (χ1n) is 3.99. The lowest BCUT2D eigenvalue weighted by Crippen LogP contribution is -2.10. The van der Waals surface area contributed by atoms with Crippen molar-refractivity contribution in [3.63, 3.8) is 0 Å².